The van der Waals surface area contributed by atoms with E-state index in [1.807, 2.05) is 24.3 Å². The van der Waals surface area contributed by atoms with Gasteiger partial charge in [-0.3, -0.25) is 0 Å². The molecule has 262 valence electrons. The number of anilines is 3. The fourth-order valence-electron chi connectivity index (χ4n) is 8.19. The van der Waals surface area contributed by atoms with Crippen LogP contribution in [0.15, 0.2) is 191 Å². The second-order valence-corrected chi connectivity index (χ2v) is 14.4. The predicted molar refractivity (Wildman–Crippen MR) is 229 cm³/mol. The summed E-state index contributed by atoms with van der Waals surface area (Å²) in [5.74, 6) is 0. The first-order valence-electron chi connectivity index (χ1n) is 18.7. The number of furan rings is 2. The Bertz CT molecular complexity index is 3300. The molecule has 0 saturated carbocycles. The summed E-state index contributed by atoms with van der Waals surface area (Å²) in [6.45, 7) is 0. The Labute approximate surface area is 320 Å². The molecule has 0 bridgehead atoms. The predicted octanol–water partition coefficient (Wildman–Crippen LogP) is 13.7. The third-order valence-electron chi connectivity index (χ3n) is 11.0. The molecule has 12 aromatic rings. The summed E-state index contributed by atoms with van der Waals surface area (Å²) in [6, 6.07) is 63.6. The Balaban J connectivity index is 0.964. The van der Waals surface area contributed by atoms with Gasteiger partial charge in [0.25, 0.3) is 0 Å². The third-order valence-corrected chi connectivity index (χ3v) is 11.0. The fourth-order valence-corrected chi connectivity index (χ4v) is 8.19. The van der Waals surface area contributed by atoms with Crippen molar-refractivity contribution in [3.63, 3.8) is 0 Å². The molecular weight excluding hydrogens is 689 g/mol. The van der Waals surface area contributed by atoms with Gasteiger partial charge in [0, 0.05) is 50.7 Å². The van der Waals surface area contributed by atoms with Gasteiger partial charge in [-0.15, -0.1) is 10.2 Å². The monoisotopic (exact) mass is 718 g/mol. The smallest absolute Gasteiger partial charge is 0.137 e. The molecule has 0 unspecified atom stereocenters. The Morgan fingerprint density at radius 3 is 1.27 bits per heavy atom. The van der Waals surface area contributed by atoms with Crippen LogP contribution in [0, 0.1) is 0 Å². The van der Waals surface area contributed by atoms with Crippen molar-refractivity contribution in [2.45, 2.75) is 0 Å². The lowest BCUT2D eigenvalue weighted by Crippen LogP contribution is -2.09. The van der Waals surface area contributed by atoms with Gasteiger partial charge in [-0.25, -0.2) is 0 Å². The van der Waals surface area contributed by atoms with Gasteiger partial charge in [0.1, 0.15) is 33.4 Å². The largest absolute Gasteiger partial charge is 0.456 e. The summed E-state index contributed by atoms with van der Waals surface area (Å²) in [7, 11) is 0. The van der Waals surface area contributed by atoms with Gasteiger partial charge in [-0.1, -0.05) is 84.9 Å². The van der Waals surface area contributed by atoms with Crippen LogP contribution in [-0.2, 0) is 0 Å². The maximum Gasteiger partial charge on any atom is 0.137 e. The van der Waals surface area contributed by atoms with Crippen molar-refractivity contribution in [2.75, 3.05) is 4.90 Å². The van der Waals surface area contributed by atoms with E-state index in [1.54, 1.807) is 4.80 Å². The van der Waals surface area contributed by atoms with Crippen molar-refractivity contribution in [1.29, 1.82) is 0 Å². The van der Waals surface area contributed by atoms with Gasteiger partial charge in [0.2, 0.25) is 0 Å². The standard InChI is InChI=1S/C50H30N4O2/c1-3-9-35-27-47-43(25-33(35)7-1)41-23-21-39(29-49(41)55-47)53(40-22-24-42-44-26-34-8-2-4-10-36(34)28-48(44)56-50(42)30-40)37-17-13-31(14-18-37)32-15-19-38(20-16-32)54-51-45-11-5-6-12-46(45)52-54/h1-30H. The van der Waals surface area contributed by atoms with E-state index < -0.39 is 0 Å². The van der Waals surface area contributed by atoms with Gasteiger partial charge in [-0.05, 0) is 118 Å². The van der Waals surface area contributed by atoms with Gasteiger partial charge in [0.05, 0.1) is 5.69 Å². The summed E-state index contributed by atoms with van der Waals surface area (Å²) >= 11 is 0. The van der Waals surface area contributed by atoms with Crippen LogP contribution in [0.1, 0.15) is 0 Å². The zero-order valence-corrected chi connectivity index (χ0v) is 29.9. The average Bonchev–Trinajstić information content (AvgIpc) is 3.95. The molecule has 0 N–H and O–H groups in total. The van der Waals surface area contributed by atoms with Crippen LogP contribution in [-0.4, -0.2) is 15.0 Å². The lowest BCUT2D eigenvalue weighted by atomic mass is 10.0. The zero-order valence-electron chi connectivity index (χ0n) is 29.9. The normalized spacial score (nSPS) is 11.9. The fraction of sp³-hybridized carbons (Fsp3) is 0. The van der Waals surface area contributed by atoms with Crippen LogP contribution >= 0.6 is 0 Å². The molecule has 0 aliphatic carbocycles. The van der Waals surface area contributed by atoms with Gasteiger partial charge >= 0.3 is 0 Å². The topological polar surface area (TPSA) is 60.2 Å². The van der Waals surface area contributed by atoms with Gasteiger partial charge in [-0.2, -0.15) is 4.80 Å². The number of hydrogen-bond acceptors (Lipinski definition) is 5. The molecular formula is C50H30N4O2. The molecule has 3 heterocycles. The van der Waals surface area contributed by atoms with Crippen LogP contribution in [0.2, 0.25) is 0 Å². The molecule has 0 aliphatic heterocycles. The number of benzene rings is 9. The highest BCUT2D eigenvalue weighted by molar-refractivity contribution is 6.12. The lowest BCUT2D eigenvalue weighted by molar-refractivity contribution is 0.669. The lowest BCUT2D eigenvalue weighted by Gasteiger charge is -2.25. The molecule has 3 aromatic heterocycles. The van der Waals surface area contributed by atoms with Crippen LogP contribution < -0.4 is 4.90 Å². The van der Waals surface area contributed by atoms with E-state index in [9.17, 15) is 0 Å². The maximum absolute atomic E-state index is 6.55. The first-order valence-corrected chi connectivity index (χ1v) is 18.7. The molecule has 6 nitrogen and oxygen atoms in total. The summed E-state index contributed by atoms with van der Waals surface area (Å²) in [5, 5.41) is 18.4. The first kappa shape index (κ1) is 30.7. The van der Waals surface area contributed by atoms with Crippen molar-refractivity contribution in [2.24, 2.45) is 0 Å². The summed E-state index contributed by atoms with van der Waals surface area (Å²) in [6.07, 6.45) is 0. The highest BCUT2D eigenvalue weighted by Gasteiger charge is 2.19. The Morgan fingerprint density at radius 1 is 0.357 bits per heavy atom. The van der Waals surface area contributed by atoms with Gasteiger partial charge in [0.15, 0.2) is 0 Å². The van der Waals surface area contributed by atoms with E-state index in [1.165, 1.54) is 10.8 Å². The van der Waals surface area contributed by atoms with Crippen molar-refractivity contribution >= 4 is 93.5 Å². The third kappa shape index (κ3) is 4.90. The van der Waals surface area contributed by atoms with Crippen LogP contribution in [0.3, 0.4) is 0 Å². The van der Waals surface area contributed by atoms with Crippen LogP contribution in [0.25, 0.3) is 93.3 Å². The summed E-state index contributed by atoms with van der Waals surface area (Å²) in [5.41, 5.74) is 11.3. The highest BCUT2D eigenvalue weighted by atomic mass is 16.3. The van der Waals surface area contributed by atoms with Gasteiger partial charge < -0.3 is 13.7 Å². The molecule has 6 heteroatoms. The molecule has 0 spiro atoms. The summed E-state index contributed by atoms with van der Waals surface area (Å²) < 4.78 is 13.1. The van der Waals surface area contributed by atoms with E-state index in [0.717, 1.165) is 99.6 Å². The molecule has 9 aromatic carbocycles. The van der Waals surface area contributed by atoms with E-state index in [2.05, 4.69) is 173 Å². The second-order valence-electron chi connectivity index (χ2n) is 14.4. The molecule has 0 saturated heterocycles. The molecule has 0 aliphatic rings. The van der Waals surface area contributed by atoms with E-state index in [0.29, 0.717) is 0 Å². The van der Waals surface area contributed by atoms with Crippen molar-refractivity contribution in [3.8, 4) is 16.8 Å². The molecule has 0 amide bonds. The van der Waals surface area contributed by atoms with Crippen LogP contribution in [0.5, 0.6) is 0 Å². The van der Waals surface area contributed by atoms with E-state index >= 15 is 0 Å². The van der Waals surface area contributed by atoms with Crippen molar-refractivity contribution in [1.82, 2.24) is 15.0 Å². The van der Waals surface area contributed by atoms with Crippen molar-refractivity contribution < 1.29 is 8.83 Å². The minimum atomic E-state index is 0.839. The average molecular weight is 719 g/mol. The first-order chi connectivity index (χ1) is 27.7. The molecule has 56 heavy (non-hydrogen) atoms. The number of nitrogens with zero attached hydrogens (tertiary/aromatic N) is 4. The Kier molecular flexibility index (Phi) is 6.53. The quantitative estimate of drug-likeness (QED) is 0.177. The zero-order chi connectivity index (χ0) is 36.7. The molecule has 0 radical (unpaired) electrons. The molecule has 12 rings (SSSR count). The highest BCUT2D eigenvalue weighted by Crippen LogP contribution is 2.42. The number of hydrogen-bond donors (Lipinski definition) is 0. The van der Waals surface area contributed by atoms with Crippen LogP contribution in [0.4, 0.5) is 17.1 Å². The minimum Gasteiger partial charge on any atom is -0.456 e. The SMILES string of the molecule is c1ccc2cc3c(cc2c1)oc1cc(N(c2ccc(-c4ccc(-n5nc6ccccc6n5)cc4)cc2)c2ccc4c(c2)oc2cc5ccccc5cc24)ccc13. The minimum absolute atomic E-state index is 0.839. The second kappa shape index (κ2) is 11.9. The van der Waals surface area contributed by atoms with E-state index in [-0.39, 0.29) is 0 Å². The Morgan fingerprint density at radius 2 is 0.768 bits per heavy atom. The maximum atomic E-state index is 6.55. The van der Waals surface area contributed by atoms with Crippen molar-refractivity contribution in [3.05, 3.63) is 182 Å². The Hall–Kier alpha value is -7.70. The summed E-state index contributed by atoms with van der Waals surface area (Å²) in [4.78, 5) is 3.96. The van der Waals surface area contributed by atoms with E-state index in [4.69, 9.17) is 8.83 Å². The molecule has 0 atom stereocenters. The number of aromatic nitrogens is 3. The number of rotatable bonds is 5. The number of fused-ring (bicyclic) bond motifs is 9. The molecule has 0 fully saturated rings.